The zero-order chi connectivity index (χ0) is 12.7. The Hall–Kier alpha value is -2.08. The second kappa shape index (κ2) is 3.99. The van der Waals surface area contributed by atoms with Gasteiger partial charge in [0.15, 0.2) is 11.0 Å². The number of benzene rings is 1. The van der Waals surface area contributed by atoms with Crippen molar-refractivity contribution in [1.82, 2.24) is 19.6 Å². The van der Waals surface area contributed by atoms with Crippen molar-refractivity contribution >= 4 is 17.1 Å². The van der Waals surface area contributed by atoms with Gasteiger partial charge in [0.2, 0.25) is 0 Å². The van der Waals surface area contributed by atoms with Gasteiger partial charge in [0.05, 0.1) is 11.8 Å². The van der Waals surface area contributed by atoms with Gasteiger partial charge in [-0.2, -0.15) is 5.10 Å². The van der Waals surface area contributed by atoms with Gasteiger partial charge in [0, 0.05) is 6.07 Å². The molecule has 4 nitrogen and oxygen atoms in total. The molecule has 0 N–H and O–H groups in total. The highest BCUT2D eigenvalue weighted by atomic mass is 35.5. The van der Waals surface area contributed by atoms with Gasteiger partial charge in [0.1, 0.15) is 23.5 Å². The van der Waals surface area contributed by atoms with Crippen LogP contribution in [0.5, 0.6) is 0 Å². The van der Waals surface area contributed by atoms with Crippen LogP contribution in [0.25, 0.3) is 16.9 Å². The maximum Gasteiger partial charge on any atom is 0.164 e. The largest absolute Gasteiger partial charge is 0.234 e. The molecule has 2 heterocycles. The third kappa shape index (κ3) is 1.62. The van der Waals surface area contributed by atoms with Crippen LogP contribution < -0.4 is 0 Å². The molecule has 0 aliphatic heterocycles. The molecule has 3 aromatic rings. The number of rotatable bonds is 1. The van der Waals surface area contributed by atoms with E-state index in [1.54, 1.807) is 0 Å². The van der Waals surface area contributed by atoms with Gasteiger partial charge in [-0.05, 0) is 12.1 Å². The molecule has 18 heavy (non-hydrogen) atoms. The second-order valence-corrected chi connectivity index (χ2v) is 3.91. The van der Waals surface area contributed by atoms with Gasteiger partial charge in [-0.3, -0.25) is 0 Å². The lowest BCUT2D eigenvalue weighted by Gasteiger charge is -2.02. The van der Waals surface area contributed by atoms with Crippen LogP contribution in [-0.4, -0.2) is 19.6 Å². The molecule has 2 aromatic heterocycles. The van der Waals surface area contributed by atoms with E-state index in [9.17, 15) is 8.78 Å². The van der Waals surface area contributed by atoms with E-state index in [1.165, 1.54) is 23.1 Å². The minimum absolute atomic E-state index is 0.145. The maximum absolute atomic E-state index is 13.7. The Balaban J connectivity index is 2.29. The number of imidazole rings is 1. The molecule has 0 bridgehead atoms. The average molecular weight is 267 g/mol. The Kier molecular flexibility index (Phi) is 2.45. The first kappa shape index (κ1) is 11.0. The van der Waals surface area contributed by atoms with Crippen LogP contribution in [0.2, 0.25) is 5.15 Å². The van der Waals surface area contributed by atoms with Crippen molar-refractivity contribution in [3.05, 3.63) is 47.5 Å². The van der Waals surface area contributed by atoms with E-state index in [2.05, 4.69) is 15.1 Å². The third-order valence-electron chi connectivity index (χ3n) is 2.46. The second-order valence-electron chi connectivity index (χ2n) is 3.55. The molecule has 0 spiro atoms. The van der Waals surface area contributed by atoms with Crippen molar-refractivity contribution in [3.8, 4) is 11.4 Å². The van der Waals surface area contributed by atoms with Gasteiger partial charge >= 0.3 is 0 Å². The van der Waals surface area contributed by atoms with Gasteiger partial charge in [-0.15, -0.1) is 0 Å². The van der Waals surface area contributed by atoms with Crippen LogP contribution in [0, 0.1) is 11.6 Å². The topological polar surface area (TPSA) is 43.1 Å². The van der Waals surface area contributed by atoms with Crippen LogP contribution >= 0.6 is 11.6 Å². The number of halogens is 3. The molecule has 0 radical (unpaired) electrons. The molecule has 90 valence electrons. The fourth-order valence-corrected chi connectivity index (χ4v) is 1.82. The Labute approximate surface area is 105 Å². The molecule has 0 fully saturated rings. The van der Waals surface area contributed by atoms with Crippen molar-refractivity contribution in [2.45, 2.75) is 0 Å². The molecular weight excluding hydrogens is 262 g/mol. The first-order valence-electron chi connectivity index (χ1n) is 4.96. The summed E-state index contributed by atoms with van der Waals surface area (Å²) in [4.78, 5) is 7.82. The molecule has 0 atom stereocenters. The monoisotopic (exact) mass is 266 g/mol. The van der Waals surface area contributed by atoms with Crippen molar-refractivity contribution in [2.24, 2.45) is 0 Å². The lowest BCUT2D eigenvalue weighted by Crippen LogP contribution is -1.98. The first-order valence-corrected chi connectivity index (χ1v) is 5.34. The first-order chi connectivity index (χ1) is 8.66. The van der Waals surface area contributed by atoms with E-state index in [4.69, 9.17) is 11.6 Å². The summed E-state index contributed by atoms with van der Waals surface area (Å²) in [7, 11) is 0. The number of nitrogens with zero attached hydrogens (tertiary/aromatic N) is 4. The molecule has 7 heteroatoms. The summed E-state index contributed by atoms with van der Waals surface area (Å²) < 4.78 is 27.9. The molecule has 0 amide bonds. The fraction of sp³-hybridized carbons (Fsp3) is 0. The lowest BCUT2D eigenvalue weighted by molar-refractivity contribution is 0.584. The van der Waals surface area contributed by atoms with Crippen LogP contribution in [0.4, 0.5) is 8.78 Å². The summed E-state index contributed by atoms with van der Waals surface area (Å²) in [5.41, 5.74) is 0.601. The van der Waals surface area contributed by atoms with Crippen molar-refractivity contribution in [2.75, 3.05) is 0 Å². The van der Waals surface area contributed by atoms with E-state index >= 15 is 0 Å². The normalized spacial score (nSPS) is 11.1. The molecule has 0 saturated heterocycles. The summed E-state index contributed by atoms with van der Waals surface area (Å²) in [5.74, 6) is -1.12. The van der Waals surface area contributed by atoms with Crippen LogP contribution in [0.3, 0.4) is 0 Å². The van der Waals surface area contributed by atoms with Gasteiger partial charge in [-0.1, -0.05) is 11.6 Å². The standard InChI is InChI=1S/C11H5ClF2N4/c12-10-9-4-15-11(18(9)17-5-16-10)7-2-1-6(13)3-8(7)14/h1-5H. The smallest absolute Gasteiger partial charge is 0.164 e. The quantitative estimate of drug-likeness (QED) is 0.680. The Bertz CT molecular complexity index is 741. The number of fused-ring (bicyclic) bond motifs is 1. The Morgan fingerprint density at radius 1 is 1.17 bits per heavy atom. The summed E-state index contributed by atoms with van der Waals surface area (Å²) >= 11 is 5.86. The van der Waals surface area contributed by atoms with E-state index in [0.29, 0.717) is 5.52 Å². The molecule has 0 unspecified atom stereocenters. The van der Waals surface area contributed by atoms with Gasteiger partial charge in [-0.25, -0.2) is 23.3 Å². The highest BCUT2D eigenvalue weighted by Gasteiger charge is 2.14. The molecule has 0 aliphatic carbocycles. The SMILES string of the molecule is Fc1ccc(-c2ncc3c(Cl)ncnn23)c(F)c1. The van der Waals surface area contributed by atoms with Crippen molar-refractivity contribution in [1.29, 1.82) is 0 Å². The summed E-state index contributed by atoms with van der Waals surface area (Å²) in [5, 5.41) is 4.15. The predicted octanol–water partition coefficient (Wildman–Crippen LogP) is 2.72. The summed E-state index contributed by atoms with van der Waals surface area (Å²) in [6.07, 6.45) is 2.67. The Morgan fingerprint density at radius 2 is 2.00 bits per heavy atom. The van der Waals surface area contributed by atoms with Crippen LogP contribution in [0.1, 0.15) is 0 Å². The van der Waals surface area contributed by atoms with Gasteiger partial charge in [0.25, 0.3) is 0 Å². The third-order valence-corrected chi connectivity index (χ3v) is 2.75. The van der Waals surface area contributed by atoms with Gasteiger partial charge < -0.3 is 0 Å². The highest BCUT2D eigenvalue weighted by molar-refractivity contribution is 6.32. The highest BCUT2D eigenvalue weighted by Crippen LogP contribution is 2.24. The lowest BCUT2D eigenvalue weighted by atomic mass is 10.2. The summed E-state index contributed by atoms with van der Waals surface area (Å²) in [6, 6.07) is 3.25. The van der Waals surface area contributed by atoms with E-state index in [1.807, 2.05) is 0 Å². The van der Waals surface area contributed by atoms with Crippen LogP contribution in [-0.2, 0) is 0 Å². The van der Waals surface area contributed by atoms with E-state index in [-0.39, 0.29) is 16.5 Å². The maximum atomic E-state index is 13.7. The predicted molar refractivity (Wildman–Crippen MR) is 61.1 cm³/mol. The number of hydrogen-bond donors (Lipinski definition) is 0. The molecular formula is C11H5ClF2N4. The molecule has 3 rings (SSSR count). The zero-order valence-corrected chi connectivity index (χ0v) is 9.57. The minimum atomic E-state index is -0.711. The summed E-state index contributed by atoms with van der Waals surface area (Å²) in [6.45, 7) is 0. The van der Waals surface area contributed by atoms with Crippen LogP contribution in [0.15, 0.2) is 30.7 Å². The number of hydrogen-bond acceptors (Lipinski definition) is 3. The molecule has 0 aliphatic rings. The molecule has 0 saturated carbocycles. The fourth-order valence-electron chi connectivity index (χ4n) is 1.65. The van der Waals surface area contributed by atoms with E-state index in [0.717, 1.165) is 12.1 Å². The molecule has 1 aromatic carbocycles. The van der Waals surface area contributed by atoms with Crippen molar-refractivity contribution < 1.29 is 8.78 Å². The van der Waals surface area contributed by atoms with E-state index < -0.39 is 11.6 Å². The van der Waals surface area contributed by atoms with Crippen molar-refractivity contribution in [3.63, 3.8) is 0 Å². The average Bonchev–Trinajstić information content (AvgIpc) is 2.74. The zero-order valence-electron chi connectivity index (χ0n) is 8.81. The number of aromatic nitrogens is 4. The minimum Gasteiger partial charge on any atom is -0.234 e. The Morgan fingerprint density at radius 3 is 2.78 bits per heavy atom.